The van der Waals surface area contributed by atoms with Crippen LogP contribution in [0.3, 0.4) is 0 Å². The van der Waals surface area contributed by atoms with Crippen LogP contribution in [0.2, 0.25) is 0 Å². The summed E-state index contributed by atoms with van der Waals surface area (Å²) in [6, 6.07) is 0. The van der Waals surface area contributed by atoms with Gasteiger partial charge in [-0.05, 0) is 0 Å². The average molecular weight is 328 g/mol. The molecule has 8 heteroatoms. The zero-order chi connectivity index (χ0) is 12.6. The molecule has 2 aromatic rings. The number of hydrogen-bond donors (Lipinski definition) is 0. The van der Waals surface area contributed by atoms with Crippen LogP contribution in [-0.4, -0.2) is 29.2 Å². The fraction of sp³-hybridized carbons (Fsp3) is 0.444. The first-order valence-corrected chi connectivity index (χ1v) is 6.71. The van der Waals surface area contributed by atoms with Crippen molar-refractivity contribution < 1.29 is 13.2 Å². The maximum Gasteiger partial charge on any atom is 0.405 e. The molecular weight excluding hydrogens is 319 g/mol. The zero-order valence-corrected chi connectivity index (χ0v) is 11.2. The minimum absolute atomic E-state index is 0.367. The predicted octanol–water partition coefficient (Wildman–Crippen LogP) is 3.29. The molecule has 2 aromatic heterocycles. The molecule has 0 bridgehead atoms. The van der Waals surface area contributed by atoms with Crippen LogP contribution in [0.1, 0.15) is 5.69 Å². The van der Waals surface area contributed by atoms with Gasteiger partial charge in [-0.1, -0.05) is 15.9 Å². The van der Waals surface area contributed by atoms with Crippen molar-refractivity contribution in [3.8, 4) is 0 Å². The molecule has 17 heavy (non-hydrogen) atoms. The van der Waals surface area contributed by atoms with Gasteiger partial charge in [0.15, 0.2) is 10.8 Å². The Bertz CT molecular complexity index is 519. The van der Waals surface area contributed by atoms with Crippen molar-refractivity contribution in [2.75, 3.05) is 18.5 Å². The van der Waals surface area contributed by atoms with Gasteiger partial charge in [0.1, 0.15) is 6.54 Å². The number of rotatable bonds is 3. The Morgan fingerprint density at radius 1 is 1.53 bits per heavy atom. The van der Waals surface area contributed by atoms with Gasteiger partial charge < -0.3 is 4.90 Å². The van der Waals surface area contributed by atoms with Crippen LogP contribution >= 0.6 is 27.3 Å². The van der Waals surface area contributed by atoms with Crippen molar-refractivity contribution in [3.63, 3.8) is 0 Å². The van der Waals surface area contributed by atoms with Crippen molar-refractivity contribution >= 4 is 38.0 Å². The van der Waals surface area contributed by atoms with Gasteiger partial charge in [0.2, 0.25) is 0 Å². The number of thiazole rings is 1. The van der Waals surface area contributed by atoms with Gasteiger partial charge in [-0.15, -0.1) is 11.3 Å². The lowest BCUT2D eigenvalue weighted by Gasteiger charge is -2.19. The van der Waals surface area contributed by atoms with Gasteiger partial charge in [-0.3, -0.25) is 4.40 Å². The standard InChI is InChI=1S/C9H9BrF3N3S/c1-15(5-9(11,12)13)7-6(4-10)16-2-3-17-8(16)14-7/h2-3H,4-5H2,1H3. The molecule has 0 saturated heterocycles. The third kappa shape index (κ3) is 2.57. The van der Waals surface area contributed by atoms with E-state index >= 15 is 0 Å². The van der Waals surface area contributed by atoms with Crippen LogP contribution in [0.15, 0.2) is 11.6 Å². The van der Waals surface area contributed by atoms with E-state index in [9.17, 15) is 13.2 Å². The molecule has 0 aromatic carbocycles. The van der Waals surface area contributed by atoms with E-state index in [4.69, 9.17) is 0 Å². The molecule has 0 saturated carbocycles. The highest BCUT2D eigenvalue weighted by Crippen LogP contribution is 2.28. The van der Waals surface area contributed by atoms with Crippen LogP contribution < -0.4 is 4.90 Å². The fourth-order valence-corrected chi connectivity index (χ4v) is 2.84. The summed E-state index contributed by atoms with van der Waals surface area (Å²) in [5, 5.41) is 2.31. The molecule has 2 heterocycles. The van der Waals surface area contributed by atoms with E-state index in [2.05, 4.69) is 20.9 Å². The maximum absolute atomic E-state index is 12.3. The molecule has 0 radical (unpaired) electrons. The van der Waals surface area contributed by atoms with Crippen LogP contribution in [0.25, 0.3) is 4.96 Å². The Morgan fingerprint density at radius 3 is 2.82 bits per heavy atom. The van der Waals surface area contributed by atoms with Gasteiger partial charge in [-0.2, -0.15) is 13.2 Å². The number of aromatic nitrogens is 2. The first kappa shape index (κ1) is 12.7. The second kappa shape index (κ2) is 4.49. The average Bonchev–Trinajstić information content (AvgIpc) is 2.72. The Kier molecular flexibility index (Phi) is 3.35. The highest BCUT2D eigenvalue weighted by atomic mass is 79.9. The molecule has 0 atom stereocenters. The summed E-state index contributed by atoms with van der Waals surface area (Å²) in [6.07, 6.45) is -2.43. The third-order valence-corrected chi connectivity index (χ3v) is 3.53. The normalized spacial score (nSPS) is 12.3. The number of hydrogen-bond acceptors (Lipinski definition) is 3. The lowest BCUT2D eigenvalue weighted by Crippen LogP contribution is -2.31. The summed E-state index contributed by atoms with van der Waals surface area (Å²) < 4.78 is 38.8. The quantitative estimate of drug-likeness (QED) is 0.806. The van der Waals surface area contributed by atoms with Crippen LogP contribution in [0.4, 0.5) is 19.0 Å². The largest absolute Gasteiger partial charge is 0.405 e. The first-order chi connectivity index (χ1) is 7.92. The first-order valence-electron chi connectivity index (χ1n) is 4.70. The molecule has 0 N–H and O–H groups in total. The van der Waals surface area contributed by atoms with Gasteiger partial charge in [-0.25, -0.2) is 4.98 Å². The highest BCUT2D eigenvalue weighted by Gasteiger charge is 2.31. The summed E-state index contributed by atoms with van der Waals surface area (Å²) in [7, 11) is 1.39. The summed E-state index contributed by atoms with van der Waals surface area (Å²) in [6.45, 7) is -1.00. The SMILES string of the molecule is CN(CC(F)(F)F)c1nc2sccn2c1CBr. The van der Waals surface area contributed by atoms with Crippen molar-refractivity contribution in [2.24, 2.45) is 0 Å². The maximum atomic E-state index is 12.3. The lowest BCUT2D eigenvalue weighted by molar-refractivity contribution is -0.119. The van der Waals surface area contributed by atoms with Crippen LogP contribution in [0.5, 0.6) is 0 Å². The molecule has 0 aliphatic heterocycles. The number of imidazole rings is 1. The molecule has 0 aliphatic carbocycles. The summed E-state index contributed by atoms with van der Waals surface area (Å²) in [5.41, 5.74) is 0.730. The van der Waals surface area contributed by atoms with E-state index in [1.54, 1.807) is 10.6 Å². The second-order valence-electron chi connectivity index (χ2n) is 3.54. The Hall–Kier alpha value is -0.760. The molecule has 94 valence electrons. The van der Waals surface area contributed by atoms with E-state index in [-0.39, 0.29) is 0 Å². The van der Waals surface area contributed by atoms with Crippen LogP contribution in [0, 0.1) is 0 Å². The molecule has 0 amide bonds. The number of fused-ring (bicyclic) bond motifs is 1. The Labute approximate surface area is 108 Å². The van der Waals surface area contributed by atoms with E-state index in [1.807, 2.05) is 5.38 Å². The minimum atomic E-state index is -4.23. The molecule has 3 nitrogen and oxygen atoms in total. The number of anilines is 1. The van der Waals surface area contributed by atoms with E-state index in [0.717, 1.165) is 10.6 Å². The Balaban J connectivity index is 2.37. The topological polar surface area (TPSA) is 20.5 Å². The highest BCUT2D eigenvalue weighted by molar-refractivity contribution is 9.08. The Morgan fingerprint density at radius 2 is 2.24 bits per heavy atom. The van der Waals surface area contributed by atoms with E-state index in [0.29, 0.717) is 16.1 Å². The van der Waals surface area contributed by atoms with Gasteiger partial charge in [0.25, 0.3) is 0 Å². The molecule has 2 rings (SSSR count). The van der Waals surface area contributed by atoms with Crippen molar-refractivity contribution in [2.45, 2.75) is 11.5 Å². The third-order valence-electron chi connectivity index (χ3n) is 2.24. The van der Waals surface area contributed by atoms with Gasteiger partial charge in [0, 0.05) is 24.0 Å². The number of nitrogens with zero attached hydrogens (tertiary/aromatic N) is 3. The molecule has 0 spiro atoms. The lowest BCUT2D eigenvalue weighted by atomic mass is 10.4. The van der Waals surface area contributed by atoms with Crippen molar-refractivity contribution in [3.05, 3.63) is 17.3 Å². The summed E-state index contributed by atoms with van der Waals surface area (Å²) in [4.78, 5) is 6.02. The number of halogens is 4. The number of alkyl halides is 4. The second-order valence-corrected chi connectivity index (χ2v) is 4.98. The monoisotopic (exact) mass is 327 g/mol. The van der Waals surface area contributed by atoms with E-state index < -0.39 is 12.7 Å². The zero-order valence-electron chi connectivity index (χ0n) is 8.83. The summed E-state index contributed by atoms with van der Waals surface area (Å²) in [5.74, 6) is 0.367. The van der Waals surface area contributed by atoms with E-state index in [1.165, 1.54) is 18.4 Å². The molecule has 0 unspecified atom stereocenters. The fourth-order valence-electron chi connectivity index (χ4n) is 1.59. The smallest absolute Gasteiger partial charge is 0.349 e. The predicted molar refractivity (Wildman–Crippen MR) is 65.0 cm³/mol. The van der Waals surface area contributed by atoms with Gasteiger partial charge in [0.05, 0.1) is 5.69 Å². The van der Waals surface area contributed by atoms with Gasteiger partial charge >= 0.3 is 6.18 Å². The molecule has 0 fully saturated rings. The molecule has 0 aliphatic rings. The summed E-state index contributed by atoms with van der Waals surface area (Å²) >= 11 is 4.67. The van der Waals surface area contributed by atoms with Crippen LogP contribution in [-0.2, 0) is 5.33 Å². The van der Waals surface area contributed by atoms with Crippen molar-refractivity contribution in [1.29, 1.82) is 0 Å². The van der Waals surface area contributed by atoms with Crippen molar-refractivity contribution in [1.82, 2.24) is 9.38 Å². The molecular formula is C9H9BrF3N3S. The minimum Gasteiger partial charge on any atom is -0.349 e.